The van der Waals surface area contributed by atoms with E-state index in [9.17, 15) is 14.0 Å². The van der Waals surface area contributed by atoms with Crippen molar-refractivity contribution in [2.45, 2.75) is 13.0 Å². The van der Waals surface area contributed by atoms with Gasteiger partial charge in [0.25, 0.3) is 0 Å². The van der Waals surface area contributed by atoms with Crippen molar-refractivity contribution in [1.82, 2.24) is 15.1 Å². The maximum atomic E-state index is 13.9. The van der Waals surface area contributed by atoms with Gasteiger partial charge in [0.1, 0.15) is 5.82 Å². The van der Waals surface area contributed by atoms with Gasteiger partial charge in [-0.15, -0.1) is 10.2 Å². The maximum Gasteiger partial charge on any atom is 0.358 e. The van der Waals surface area contributed by atoms with Gasteiger partial charge in [-0.1, -0.05) is 15.9 Å². The van der Waals surface area contributed by atoms with E-state index in [2.05, 4.69) is 36.2 Å². The summed E-state index contributed by atoms with van der Waals surface area (Å²) in [4.78, 5) is 25.3. The lowest BCUT2D eigenvalue weighted by Crippen LogP contribution is -2.39. The van der Waals surface area contributed by atoms with Gasteiger partial charge in [0, 0.05) is 17.6 Å². The van der Waals surface area contributed by atoms with Gasteiger partial charge in [-0.05, 0) is 41.8 Å². The van der Waals surface area contributed by atoms with Gasteiger partial charge in [-0.25, -0.2) is 14.0 Å². The summed E-state index contributed by atoms with van der Waals surface area (Å²) in [6.07, 6.45) is 0.432. The first kappa shape index (κ1) is 17.3. The molecule has 1 aromatic carbocycles. The molecule has 0 radical (unpaired) electrons. The molecule has 1 aromatic heterocycles. The van der Waals surface area contributed by atoms with Crippen molar-refractivity contribution < 1.29 is 18.7 Å². The van der Waals surface area contributed by atoms with Crippen LogP contribution in [0.3, 0.4) is 0 Å². The number of aromatic nitrogens is 2. The third-order valence-corrected chi connectivity index (χ3v) is 4.62. The normalized spacial score (nSPS) is 13.2. The molecule has 3 rings (SSSR count). The van der Waals surface area contributed by atoms with E-state index >= 15 is 0 Å². The van der Waals surface area contributed by atoms with Crippen LogP contribution < -0.4 is 5.32 Å². The van der Waals surface area contributed by atoms with Crippen LogP contribution in [0.15, 0.2) is 28.7 Å². The molecule has 0 saturated carbocycles. The van der Waals surface area contributed by atoms with Gasteiger partial charge in [-0.3, -0.25) is 5.32 Å². The molecule has 1 aliphatic heterocycles. The van der Waals surface area contributed by atoms with E-state index < -0.39 is 5.97 Å². The lowest BCUT2D eigenvalue weighted by Gasteiger charge is -2.29. The van der Waals surface area contributed by atoms with Gasteiger partial charge in [-0.2, -0.15) is 0 Å². The number of hydrogen-bond donors (Lipinski definition) is 1. The van der Waals surface area contributed by atoms with Crippen LogP contribution in [-0.2, 0) is 17.7 Å². The summed E-state index contributed by atoms with van der Waals surface area (Å²) in [6.45, 7) is 0.674. The lowest BCUT2D eigenvalue weighted by atomic mass is 9.99. The van der Waals surface area contributed by atoms with Crippen LogP contribution in [0.1, 0.15) is 21.6 Å². The fourth-order valence-corrected chi connectivity index (χ4v) is 3.06. The highest BCUT2D eigenvalue weighted by molar-refractivity contribution is 9.10. The molecule has 2 heterocycles. The smallest absolute Gasteiger partial charge is 0.358 e. The van der Waals surface area contributed by atoms with Crippen LogP contribution in [-0.4, -0.2) is 40.8 Å². The second kappa shape index (κ2) is 7.14. The minimum absolute atomic E-state index is 0.0480. The highest BCUT2D eigenvalue weighted by Gasteiger charge is 2.25. The summed E-state index contributed by atoms with van der Waals surface area (Å²) < 4.78 is 19.2. The number of nitrogens with zero attached hydrogens (tertiary/aromatic N) is 3. The Hall–Kier alpha value is -2.55. The minimum Gasteiger partial charge on any atom is -0.464 e. The first-order chi connectivity index (χ1) is 12.0. The Morgan fingerprint density at radius 1 is 1.24 bits per heavy atom. The summed E-state index contributed by atoms with van der Waals surface area (Å²) in [5, 5.41) is 10.1. The van der Waals surface area contributed by atoms with Crippen molar-refractivity contribution >= 4 is 33.7 Å². The van der Waals surface area contributed by atoms with Crippen molar-refractivity contribution in [3.05, 3.63) is 51.4 Å². The molecular weight excluding hydrogens is 395 g/mol. The Bertz CT molecular complexity index is 829. The standard InChI is InChI=1S/C16H14BrFN4O3/c1-25-15(23)13-4-5-14(21-20-13)19-16(24)22-7-6-9-10(8-22)11(17)2-3-12(9)18/h2-5H,6-8H2,1H3,(H,19,21,24). The highest BCUT2D eigenvalue weighted by Crippen LogP contribution is 2.29. The molecule has 0 bridgehead atoms. The molecule has 1 aliphatic rings. The summed E-state index contributed by atoms with van der Waals surface area (Å²) in [5.74, 6) is -0.658. The molecule has 2 amide bonds. The second-order valence-electron chi connectivity index (χ2n) is 5.38. The number of fused-ring (bicyclic) bond motifs is 1. The molecule has 130 valence electrons. The zero-order chi connectivity index (χ0) is 18.0. The maximum absolute atomic E-state index is 13.9. The first-order valence-electron chi connectivity index (χ1n) is 7.43. The number of rotatable bonds is 2. The SMILES string of the molecule is COC(=O)c1ccc(NC(=O)N2CCc3c(F)ccc(Br)c3C2)nn1. The molecule has 0 atom stereocenters. The van der Waals surface area contributed by atoms with E-state index in [0.29, 0.717) is 18.5 Å². The fraction of sp³-hybridized carbons (Fsp3) is 0.250. The molecule has 0 spiro atoms. The molecule has 9 heteroatoms. The van der Waals surface area contributed by atoms with Crippen LogP contribution in [0.4, 0.5) is 15.0 Å². The molecule has 0 aliphatic carbocycles. The van der Waals surface area contributed by atoms with Crippen LogP contribution in [0.5, 0.6) is 0 Å². The summed E-state index contributed by atoms with van der Waals surface area (Å²) in [7, 11) is 1.24. The predicted octanol–water partition coefficient (Wildman–Crippen LogP) is 2.76. The average Bonchev–Trinajstić information content (AvgIpc) is 2.64. The number of urea groups is 1. The molecule has 0 fully saturated rings. The van der Waals surface area contributed by atoms with E-state index in [4.69, 9.17) is 0 Å². The summed E-state index contributed by atoms with van der Waals surface area (Å²) in [5.41, 5.74) is 1.43. The van der Waals surface area contributed by atoms with Gasteiger partial charge in [0.15, 0.2) is 11.5 Å². The molecular formula is C16H14BrFN4O3. The van der Waals surface area contributed by atoms with E-state index in [-0.39, 0.29) is 29.9 Å². The number of halogens is 2. The number of hydrogen-bond acceptors (Lipinski definition) is 5. The van der Waals surface area contributed by atoms with Crippen molar-refractivity contribution in [2.24, 2.45) is 0 Å². The topological polar surface area (TPSA) is 84.4 Å². The Morgan fingerprint density at radius 2 is 2.04 bits per heavy atom. The van der Waals surface area contributed by atoms with E-state index in [1.165, 1.54) is 25.3 Å². The Labute approximate surface area is 151 Å². The predicted molar refractivity (Wildman–Crippen MR) is 90.6 cm³/mol. The average molecular weight is 409 g/mol. The second-order valence-corrected chi connectivity index (χ2v) is 6.24. The highest BCUT2D eigenvalue weighted by atomic mass is 79.9. The number of anilines is 1. The van der Waals surface area contributed by atoms with E-state index in [1.54, 1.807) is 11.0 Å². The van der Waals surface area contributed by atoms with Crippen molar-refractivity contribution in [2.75, 3.05) is 19.0 Å². The molecule has 25 heavy (non-hydrogen) atoms. The molecule has 7 nitrogen and oxygen atoms in total. The van der Waals surface area contributed by atoms with Crippen molar-refractivity contribution in [1.29, 1.82) is 0 Å². The Morgan fingerprint density at radius 3 is 2.72 bits per heavy atom. The number of carbonyl (C=O) groups is 2. The van der Waals surface area contributed by atoms with Gasteiger partial charge >= 0.3 is 12.0 Å². The number of amides is 2. The zero-order valence-corrected chi connectivity index (χ0v) is 14.8. The first-order valence-corrected chi connectivity index (χ1v) is 8.22. The van der Waals surface area contributed by atoms with Gasteiger partial charge in [0.2, 0.25) is 0 Å². The quantitative estimate of drug-likeness (QED) is 0.772. The molecule has 2 aromatic rings. The van der Waals surface area contributed by atoms with Crippen molar-refractivity contribution in [3.63, 3.8) is 0 Å². The third-order valence-electron chi connectivity index (χ3n) is 3.88. The van der Waals surface area contributed by atoms with Crippen molar-refractivity contribution in [3.8, 4) is 0 Å². The summed E-state index contributed by atoms with van der Waals surface area (Å²) >= 11 is 3.40. The molecule has 1 N–H and O–H groups in total. The molecule has 0 saturated heterocycles. The largest absolute Gasteiger partial charge is 0.464 e. The summed E-state index contributed by atoms with van der Waals surface area (Å²) in [6, 6.07) is 5.54. The fourth-order valence-electron chi connectivity index (χ4n) is 2.57. The third kappa shape index (κ3) is 3.60. The van der Waals surface area contributed by atoms with Gasteiger partial charge < -0.3 is 9.64 Å². The van der Waals surface area contributed by atoms with Crippen LogP contribution >= 0.6 is 15.9 Å². The van der Waals surface area contributed by atoms with Crippen LogP contribution in [0.25, 0.3) is 0 Å². The van der Waals surface area contributed by atoms with E-state index in [1.807, 2.05) is 0 Å². The number of ether oxygens (including phenoxy) is 1. The number of methoxy groups -OCH3 is 1. The number of esters is 1. The molecule has 0 unspecified atom stereocenters. The minimum atomic E-state index is -0.607. The van der Waals surface area contributed by atoms with Gasteiger partial charge in [0.05, 0.1) is 7.11 Å². The van der Waals surface area contributed by atoms with Crippen LogP contribution in [0, 0.1) is 5.82 Å². The lowest BCUT2D eigenvalue weighted by molar-refractivity contribution is 0.0593. The van der Waals surface area contributed by atoms with Crippen LogP contribution in [0.2, 0.25) is 0 Å². The van der Waals surface area contributed by atoms with E-state index in [0.717, 1.165) is 10.0 Å². The number of carbonyl (C=O) groups excluding carboxylic acids is 2. The Kier molecular flexibility index (Phi) is 4.93. The zero-order valence-electron chi connectivity index (χ0n) is 13.3. The number of nitrogens with one attached hydrogen (secondary N) is 1. The monoisotopic (exact) mass is 408 g/mol. The Balaban J connectivity index is 1.70. The number of benzene rings is 1.